The van der Waals surface area contributed by atoms with Gasteiger partial charge in [0, 0.05) is 23.4 Å². The molecule has 0 bridgehead atoms. The van der Waals surface area contributed by atoms with Gasteiger partial charge in [0.1, 0.15) is 5.75 Å². The van der Waals surface area contributed by atoms with Gasteiger partial charge in [0.05, 0.1) is 12.2 Å². The van der Waals surface area contributed by atoms with Gasteiger partial charge in [-0.05, 0) is 37.6 Å². The first-order valence-electron chi connectivity index (χ1n) is 6.40. The minimum absolute atomic E-state index is 0.00681. The van der Waals surface area contributed by atoms with E-state index in [1.165, 1.54) is 0 Å². The molecule has 0 unspecified atom stereocenters. The van der Waals surface area contributed by atoms with Gasteiger partial charge in [0.25, 0.3) is 0 Å². The molecule has 0 amide bonds. The third kappa shape index (κ3) is 2.12. The molecule has 0 radical (unpaired) electrons. The zero-order valence-electron chi connectivity index (χ0n) is 11.1. The number of carbonyl (C=O) groups is 1. The number of nitrogens with zero attached hydrogens (tertiary/aromatic N) is 1. The first-order chi connectivity index (χ1) is 9.15. The quantitative estimate of drug-likeness (QED) is 0.772. The summed E-state index contributed by atoms with van der Waals surface area (Å²) in [5.41, 5.74) is 4.16. The third-order valence-corrected chi connectivity index (χ3v) is 3.30. The highest BCUT2D eigenvalue weighted by molar-refractivity contribution is 6.11. The first kappa shape index (κ1) is 11.9. The van der Waals surface area contributed by atoms with E-state index >= 15 is 0 Å². The minimum Gasteiger partial charge on any atom is -0.492 e. The number of ketones is 1. The highest BCUT2D eigenvalue weighted by Gasteiger charge is 2.21. The van der Waals surface area contributed by atoms with Gasteiger partial charge in [-0.25, -0.2) is 0 Å². The number of pyridine rings is 1. The summed E-state index contributed by atoms with van der Waals surface area (Å²) in [4.78, 5) is 16.9. The highest BCUT2D eigenvalue weighted by atomic mass is 16.5. The SMILES string of the molecule is Cc1cc(C(=O)c2cccc3c2OCC3)cc(C)n1. The van der Waals surface area contributed by atoms with Crippen LogP contribution in [0.2, 0.25) is 0 Å². The second kappa shape index (κ2) is 4.50. The van der Waals surface area contributed by atoms with Crippen molar-refractivity contribution in [3.05, 3.63) is 58.4 Å². The molecular weight excluding hydrogens is 238 g/mol. The summed E-state index contributed by atoms with van der Waals surface area (Å²) in [5, 5.41) is 0. The van der Waals surface area contributed by atoms with E-state index in [0.29, 0.717) is 17.7 Å². The van der Waals surface area contributed by atoms with Crippen LogP contribution in [0.4, 0.5) is 0 Å². The summed E-state index contributed by atoms with van der Waals surface area (Å²) in [5.74, 6) is 0.756. The number of ether oxygens (including phenoxy) is 1. The monoisotopic (exact) mass is 253 g/mol. The largest absolute Gasteiger partial charge is 0.492 e. The van der Waals surface area contributed by atoms with Crippen LogP contribution in [0.1, 0.15) is 32.9 Å². The lowest BCUT2D eigenvalue weighted by Gasteiger charge is -2.08. The minimum atomic E-state index is 0.00681. The number of aromatic nitrogens is 1. The van der Waals surface area contributed by atoms with Crippen molar-refractivity contribution >= 4 is 5.78 Å². The van der Waals surface area contributed by atoms with Gasteiger partial charge in [-0.3, -0.25) is 9.78 Å². The average Bonchev–Trinajstić information content (AvgIpc) is 2.84. The van der Waals surface area contributed by atoms with Crippen LogP contribution in [0, 0.1) is 13.8 Å². The number of fused-ring (bicyclic) bond motifs is 1. The second-order valence-corrected chi connectivity index (χ2v) is 4.86. The molecule has 19 heavy (non-hydrogen) atoms. The van der Waals surface area contributed by atoms with Crippen molar-refractivity contribution in [1.29, 1.82) is 0 Å². The van der Waals surface area contributed by atoms with E-state index in [4.69, 9.17) is 4.74 Å². The molecule has 1 aliphatic rings. The van der Waals surface area contributed by atoms with Crippen LogP contribution in [0.25, 0.3) is 0 Å². The Morgan fingerprint density at radius 1 is 1.21 bits per heavy atom. The lowest BCUT2D eigenvalue weighted by molar-refractivity contribution is 0.103. The second-order valence-electron chi connectivity index (χ2n) is 4.86. The van der Waals surface area contributed by atoms with Crippen molar-refractivity contribution < 1.29 is 9.53 Å². The van der Waals surface area contributed by atoms with E-state index in [2.05, 4.69) is 4.98 Å². The fraction of sp³-hybridized carbons (Fsp3) is 0.250. The van der Waals surface area contributed by atoms with Gasteiger partial charge in [0.2, 0.25) is 0 Å². The number of aryl methyl sites for hydroxylation is 2. The summed E-state index contributed by atoms with van der Waals surface area (Å²) < 4.78 is 5.60. The van der Waals surface area contributed by atoms with Crippen molar-refractivity contribution in [3.8, 4) is 5.75 Å². The Balaban J connectivity index is 2.07. The molecule has 3 nitrogen and oxygen atoms in total. The Kier molecular flexibility index (Phi) is 2.82. The molecule has 1 aliphatic heterocycles. The lowest BCUT2D eigenvalue weighted by Crippen LogP contribution is -2.05. The van der Waals surface area contributed by atoms with Crippen LogP contribution < -0.4 is 4.74 Å². The molecule has 0 fully saturated rings. The molecule has 3 heteroatoms. The topological polar surface area (TPSA) is 39.2 Å². The Morgan fingerprint density at radius 2 is 1.95 bits per heavy atom. The van der Waals surface area contributed by atoms with Crippen molar-refractivity contribution in [2.75, 3.05) is 6.61 Å². The Morgan fingerprint density at radius 3 is 2.68 bits per heavy atom. The normalized spacial score (nSPS) is 12.9. The maximum Gasteiger partial charge on any atom is 0.196 e. The van der Waals surface area contributed by atoms with E-state index in [9.17, 15) is 4.79 Å². The van der Waals surface area contributed by atoms with E-state index in [0.717, 1.165) is 29.1 Å². The number of hydrogen-bond acceptors (Lipinski definition) is 3. The van der Waals surface area contributed by atoms with Gasteiger partial charge < -0.3 is 4.74 Å². The molecule has 2 heterocycles. The maximum atomic E-state index is 12.6. The molecular formula is C16H15NO2. The van der Waals surface area contributed by atoms with Crippen molar-refractivity contribution in [1.82, 2.24) is 4.98 Å². The highest BCUT2D eigenvalue weighted by Crippen LogP contribution is 2.31. The van der Waals surface area contributed by atoms with E-state index < -0.39 is 0 Å². The molecule has 1 aromatic heterocycles. The molecule has 0 aliphatic carbocycles. The zero-order valence-corrected chi connectivity index (χ0v) is 11.1. The van der Waals surface area contributed by atoms with Crippen LogP contribution in [-0.4, -0.2) is 17.4 Å². The average molecular weight is 253 g/mol. The van der Waals surface area contributed by atoms with Gasteiger partial charge in [-0.15, -0.1) is 0 Å². The van der Waals surface area contributed by atoms with E-state index in [1.54, 1.807) is 0 Å². The Hall–Kier alpha value is -2.16. The molecule has 0 atom stereocenters. The fourth-order valence-electron chi connectivity index (χ4n) is 2.52. The number of rotatable bonds is 2. The Labute approximate surface area is 112 Å². The molecule has 1 aromatic carbocycles. The summed E-state index contributed by atoms with van der Waals surface area (Å²) in [6.45, 7) is 4.46. The van der Waals surface area contributed by atoms with Crippen LogP contribution in [0.5, 0.6) is 5.75 Å². The predicted octanol–water partition coefficient (Wildman–Crippen LogP) is 2.86. The van der Waals surface area contributed by atoms with Crippen molar-refractivity contribution in [3.63, 3.8) is 0 Å². The van der Waals surface area contributed by atoms with Gasteiger partial charge in [0.15, 0.2) is 5.78 Å². The van der Waals surface area contributed by atoms with Crippen LogP contribution in [-0.2, 0) is 6.42 Å². The molecule has 96 valence electrons. The lowest BCUT2D eigenvalue weighted by atomic mass is 9.99. The number of hydrogen-bond donors (Lipinski definition) is 0. The molecule has 0 N–H and O–H groups in total. The van der Waals surface area contributed by atoms with Gasteiger partial charge >= 0.3 is 0 Å². The number of para-hydroxylation sites is 1. The first-order valence-corrected chi connectivity index (χ1v) is 6.40. The van der Waals surface area contributed by atoms with Crippen molar-refractivity contribution in [2.24, 2.45) is 0 Å². The Bertz CT molecular complexity index is 642. The molecule has 0 saturated heterocycles. The van der Waals surface area contributed by atoms with E-state index in [-0.39, 0.29) is 5.78 Å². The van der Waals surface area contributed by atoms with Crippen molar-refractivity contribution in [2.45, 2.75) is 20.3 Å². The molecule has 0 spiro atoms. The molecule has 2 aromatic rings. The smallest absolute Gasteiger partial charge is 0.196 e. The van der Waals surface area contributed by atoms with E-state index in [1.807, 2.05) is 44.2 Å². The zero-order chi connectivity index (χ0) is 13.4. The molecule has 3 rings (SSSR count). The summed E-state index contributed by atoms with van der Waals surface area (Å²) in [6.07, 6.45) is 0.880. The third-order valence-electron chi connectivity index (χ3n) is 3.30. The van der Waals surface area contributed by atoms with Crippen LogP contribution >= 0.6 is 0 Å². The predicted molar refractivity (Wildman–Crippen MR) is 72.8 cm³/mol. The van der Waals surface area contributed by atoms with Crippen LogP contribution in [0.15, 0.2) is 30.3 Å². The molecule has 0 saturated carbocycles. The standard InChI is InChI=1S/C16H15NO2/c1-10-8-13(9-11(2)17-10)15(18)14-5-3-4-12-6-7-19-16(12)14/h3-5,8-9H,6-7H2,1-2H3. The number of carbonyl (C=O) groups excluding carboxylic acids is 1. The summed E-state index contributed by atoms with van der Waals surface area (Å²) in [7, 11) is 0. The number of benzene rings is 1. The maximum absolute atomic E-state index is 12.6. The van der Waals surface area contributed by atoms with Gasteiger partial charge in [-0.2, -0.15) is 0 Å². The van der Waals surface area contributed by atoms with Gasteiger partial charge in [-0.1, -0.05) is 12.1 Å². The summed E-state index contributed by atoms with van der Waals surface area (Å²) in [6, 6.07) is 9.41. The summed E-state index contributed by atoms with van der Waals surface area (Å²) >= 11 is 0. The fourth-order valence-corrected chi connectivity index (χ4v) is 2.52. The van der Waals surface area contributed by atoms with Crippen LogP contribution in [0.3, 0.4) is 0 Å².